The quantitative estimate of drug-likeness (QED) is 0.420. The lowest BCUT2D eigenvalue weighted by molar-refractivity contribution is 0.0729. The topological polar surface area (TPSA) is 60.7 Å². The molecule has 5 heteroatoms. The Morgan fingerprint density at radius 1 is 1.10 bits per heavy atom. The van der Waals surface area contributed by atoms with Gasteiger partial charge in [-0.05, 0) is 43.3 Å². The Bertz CT molecular complexity index is 786. The number of hydrogen-bond donors (Lipinski definition) is 0. The second-order valence-corrected chi connectivity index (χ2v) is 4.56. The van der Waals surface area contributed by atoms with Gasteiger partial charge in [-0.2, -0.15) is 0 Å². The van der Waals surface area contributed by atoms with Crippen LogP contribution in [0.2, 0.25) is 0 Å². The van der Waals surface area contributed by atoms with Gasteiger partial charge in [-0.15, -0.1) is 0 Å². The van der Waals surface area contributed by atoms with Crippen LogP contribution in [0.25, 0.3) is 5.65 Å². The van der Waals surface area contributed by atoms with Crippen molar-refractivity contribution in [1.29, 1.82) is 0 Å². The van der Waals surface area contributed by atoms with E-state index in [1.807, 2.05) is 12.1 Å². The zero-order chi connectivity index (χ0) is 14.8. The number of fused-ring (bicyclic) bond motifs is 1. The highest BCUT2D eigenvalue weighted by Crippen LogP contribution is 2.15. The number of rotatable bonds is 3. The van der Waals surface area contributed by atoms with Crippen LogP contribution in [0, 0.1) is 0 Å². The molecule has 2 aromatic heterocycles. The normalized spacial score (nSPS) is 10.5. The van der Waals surface area contributed by atoms with E-state index in [2.05, 4.69) is 4.98 Å². The third-order valence-corrected chi connectivity index (χ3v) is 3.04. The number of nitrogens with zero attached hydrogens (tertiary/aromatic N) is 2. The fourth-order valence-electron chi connectivity index (χ4n) is 1.95. The molecule has 0 aliphatic carbocycles. The van der Waals surface area contributed by atoms with E-state index in [1.165, 1.54) is 6.92 Å². The van der Waals surface area contributed by atoms with Crippen LogP contribution >= 0.6 is 0 Å². The molecule has 0 aliphatic heterocycles. The maximum atomic E-state index is 12.0. The van der Waals surface area contributed by atoms with Crippen LogP contribution in [-0.4, -0.2) is 21.1 Å². The Morgan fingerprint density at radius 2 is 1.86 bits per heavy atom. The summed E-state index contributed by atoms with van der Waals surface area (Å²) in [5, 5.41) is 0. The van der Waals surface area contributed by atoms with Gasteiger partial charge in [0.1, 0.15) is 11.4 Å². The first kappa shape index (κ1) is 13.1. The second-order valence-electron chi connectivity index (χ2n) is 4.56. The van der Waals surface area contributed by atoms with Gasteiger partial charge in [0.15, 0.2) is 11.5 Å². The molecule has 0 atom stereocenters. The summed E-state index contributed by atoms with van der Waals surface area (Å²) in [5.41, 5.74) is 1.48. The first-order chi connectivity index (χ1) is 10.1. The second kappa shape index (κ2) is 5.20. The van der Waals surface area contributed by atoms with Crippen molar-refractivity contribution in [3.8, 4) is 5.75 Å². The molecule has 3 rings (SSSR count). The van der Waals surface area contributed by atoms with Gasteiger partial charge < -0.3 is 9.14 Å². The first-order valence-corrected chi connectivity index (χ1v) is 6.40. The van der Waals surface area contributed by atoms with E-state index in [0.29, 0.717) is 17.0 Å². The lowest BCUT2D eigenvalue weighted by Gasteiger charge is -2.02. The van der Waals surface area contributed by atoms with Crippen LogP contribution in [0.1, 0.15) is 27.8 Å². The molecule has 1 aromatic carbocycles. The van der Waals surface area contributed by atoms with Crippen molar-refractivity contribution in [2.75, 3.05) is 0 Å². The van der Waals surface area contributed by atoms with Gasteiger partial charge >= 0.3 is 5.97 Å². The molecule has 0 spiro atoms. The van der Waals surface area contributed by atoms with Gasteiger partial charge in [0.05, 0.1) is 0 Å². The molecule has 104 valence electrons. The van der Waals surface area contributed by atoms with Crippen LogP contribution in [0.15, 0.2) is 54.9 Å². The summed E-state index contributed by atoms with van der Waals surface area (Å²) in [4.78, 5) is 27.4. The van der Waals surface area contributed by atoms with E-state index in [-0.39, 0.29) is 11.5 Å². The number of ether oxygens (including phenoxy) is 1. The molecule has 0 radical (unpaired) electrons. The van der Waals surface area contributed by atoms with Crippen LogP contribution in [0.3, 0.4) is 0 Å². The standard InChI is InChI=1S/C16H12N2O3/c1-11(19)12-5-7-13(8-6-12)21-16(20)14-10-18-9-3-2-4-15(18)17-14/h2-10H,1H3. The number of carbonyl (C=O) groups is 2. The predicted molar refractivity (Wildman–Crippen MR) is 76.6 cm³/mol. The summed E-state index contributed by atoms with van der Waals surface area (Å²) < 4.78 is 6.98. The van der Waals surface area contributed by atoms with E-state index in [4.69, 9.17) is 4.74 Å². The maximum Gasteiger partial charge on any atom is 0.363 e. The van der Waals surface area contributed by atoms with Crippen molar-refractivity contribution in [1.82, 2.24) is 9.38 Å². The molecule has 0 saturated heterocycles. The highest BCUT2D eigenvalue weighted by molar-refractivity contribution is 5.94. The Labute approximate surface area is 120 Å². The molecule has 2 heterocycles. The van der Waals surface area contributed by atoms with Crippen molar-refractivity contribution in [2.24, 2.45) is 0 Å². The summed E-state index contributed by atoms with van der Waals surface area (Å²) >= 11 is 0. The van der Waals surface area contributed by atoms with Gasteiger partial charge in [-0.3, -0.25) is 4.79 Å². The highest BCUT2D eigenvalue weighted by Gasteiger charge is 2.13. The van der Waals surface area contributed by atoms with Crippen molar-refractivity contribution in [3.05, 3.63) is 66.1 Å². The number of hydrogen-bond acceptors (Lipinski definition) is 4. The molecule has 21 heavy (non-hydrogen) atoms. The molecule has 0 fully saturated rings. The van der Waals surface area contributed by atoms with E-state index in [1.54, 1.807) is 47.1 Å². The van der Waals surface area contributed by atoms with Gasteiger partial charge in [0.2, 0.25) is 0 Å². The van der Waals surface area contributed by atoms with Crippen LogP contribution in [0.5, 0.6) is 5.75 Å². The number of aromatic nitrogens is 2. The summed E-state index contributed by atoms with van der Waals surface area (Å²) in [6, 6.07) is 11.9. The number of pyridine rings is 1. The zero-order valence-electron chi connectivity index (χ0n) is 11.3. The zero-order valence-corrected chi connectivity index (χ0v) is 11.3. The van der Waals surface area contributed by atoms with Gasteiger partial charge in [0, 0.05) is 18.0 Å². The molecule has 0 aliphatic rings. The maximum absolute atomic E-state index is 12.0. The van der Waals surface area contributed by atoms with Gasteiger partial charge in [0.25, 0.3) is 0 Å². The predicted octanol–water partition coefficient (Wildman–Crippen LogP) is 2.76. The molecule has 5 nitrogen and oxygen atoms in total. The van der Waals surface area contributed by atoms with Crippen molar-refractivity contribution >= 4 is 17.4 Å². The lowest BCUT2D eigenvalue weighted by atomic mass is 10.1. The number of ketones is 1. The first-order valence-electron chi connectivity index (χ1n) is 6.40. The van der Waals surface area contributed by atoms with Gasteiger partial charge in [-0.25, -0.2) is 9.78 Å². The van der Waals surface area contributed by atoms with E-state index >= 15 is 0 Å². The molecular formula is C16H12N2O3. The van der Waals surface area contributed by atoms with Gasteiger partial charge in [-0.1, -0.05) is 6.07 Å². The number of esters is 1. The van der Waals surface area contributed by atoms with Crippen molar-refractivity contribution in [2.45, 2.75) is 6.92 Å². The monoisotopic (exact) mass is 280 g/mol. The summed E-state index contributed by atoms with van der Waals surface area (Å²) in [6.45, 7) is 1.48. The Kier molecular flexibility index (Phi) is 3.23. The minimum Gasteiger partial charge on any atom is -0.422 e. The minimum atomic E-state index is -0.533. The third kappa shape index (κ3) is 2.67. The summed E-state index contributed by atoms with van der Waals surface area (Å²) in [7, 11) is 0. The van der Waals surface area contributed by atoms with Crippen LogP contribution in [0.4, 0.5) is 0 Å². The van der Waals surface area contributed by atoms with Crippen molar-refractivity contribution in [3.63, 3.8) is 0 Å². The molecule has 0 N–H and O–H groups in total. The van der Waals surface area contributed by atoms with E-state index < -0.39 is 5.97 Å². The molecule has 3 aromatic rings. The lowest BCUT2D eigenvalue weighted by Crippen LogP contribution is -2.08. The number of imidazole rings is 1. The van der Waals surface area contributed by atoms with Crippen LogP contribution in [-0.2, 0) is 0 Å². The van der Waals surface area contributed by atoms with E-state index in [0.717, 1.165) is 0 Å². The Morgan fingerprint density at radius 3 is 2.52 bits per heavy atom. The number of carbonyl (C=O) groups excluding carboxylic acids is 2. The van der Waals surface area contributed by atoms with Crippen molar-refractivity contribution < 1.29 is 14.3 Å². The molecule has 0 unspecified atom stereocenters. The Balaban J connectivity index is 1.80. The number of Topliss-reactive ketones (excluding diaryl/α,β-unsaturated/α-hetero) is 1. The summed E-state index contributed by atoms with van der Waals surface area (Å²) in [6.07, 6.45) is 3.42. The highest BCUT2D eigenvalue weighted by atomic mass is 16.5. The summed E-state index contributed by atoms with van der Waals surface area (Å²) in [5.74, 6) is -0.190. The molecule has 0 saturated carbocycles. The molecular weight excluding hydrogens is 268 g/mol. The smallest absolute Gasteiger partial charge is 0.363 e. The SMILES string of the molecule is CC(=O)c1ccc(OC(=O)c2cn3ccccc3n2)cc1. The average molecular weight is 280 g/mol. The Hall–Kier alpha value is -2.95. The number of benzene rings is 1. The fraction of sp³-hybridized carbons (Fsp3) is 0.0625. The molecule has 0 amide bonds. The average Bonchev–Trinajstić information content (AvgIpc) is 2.92. The largest absolute Gasteiger partial charge is 0.422 e. The molecule has 0 bridgehead atoms. The van der Waals surface area contributed by atoms with Crippen LogP contribution < -0.4 is 4.74 Å². The fourth-order valence-corrected chi connectivity index (χ4v) is 1.95. The third-order valence-electron chi connectivity index (χ3n) is 3.04. The minimum absolute atomic E-state index is 0.0340. The van der Waals surface area contributed by atoms with E-state index in [9.17, 15) is 9.59 Å².